The van der Waals surface area contributed by atoms with E-state index in [0.29, 0.717) is 22.7 Å². The number of nitrogens with one attached hydrogen (secondary N) is 6. The van der Waals surface area contributed by atoms with Gasteiger partial charge in [-0.25, -0.2) is 19.0 Å². The van der Waals surface area contributed by atoms with E-state index in [2.05, 4.69) is 52.5 Å². The highest BCUT2D eigenvalue weighted by molar-refractivity contribution is 5.98. The molecule has 0 aliphatic carbocycles. The summed E-state index contributed by atoms with van der Waals surface area (Å²) in [5.41, 5.74) is 1.25. The largest absolute Gasteiger partial charge is 0.487 e. The molecule has 2 saturated heterocycles. The van der Waals surface area contributed by atoms with Gasteiger partial charge in [-0.15, -0.1) is 10.2 Å². The van der Waals surface area contributed by atoms with Crippen molar-refractivity contribution >= 4 is 74.7 Å². The Balaban J connectivity index is 0.978. The summed E-state index contributed by atoms with van der Waals surface area (Å²) in [5.74, 6) is -7.33. The maximum atomic E-state index is 15.8. The second kappa shape index (κ2) is 33.2. The number of carbonyl (C=O) groups is 9. The average Bonchev–Trinajstić information content (AvgIpc) is 1.64. The standard InChI is InChI=1S/C80H96N14O13/c1-46(81-9)71(96)85-69(79(3,4)5)75(100)91-34-32-63-67(91)61(39-50-21-25-52-17-13-15-19-55(52)37-50)74(99)84-66(77(102)103)53-26-30-60(31-27-53)107-45-58-43-94(90-88-58)64-33-35-92(76(101)70(80(6,7)8)86-72(97)47(2)82-10)68(64)65(95)41-56(38-49-20-24-51-16-12-14-18-54(51)36-49)73(98)83-62(78(104)105-11)40-48-22-28-59(29-23-48)106-44-57-42-93(63)89-87-57/h12-31,36-37,42-43,46-47,56,61-64,66-70,81-82H,32-35,38-41,44-45H2,1-11H3,(H,83,98)(H,84,99)(H,85,96)(H,86,97)(H,102,103)/t46-,47-,56+,61+,62-,63+,64+,66-,67+,68-,69+,70+/m0/s1. The number of carboxylic acids is 1. The zero-order valence-electron chi connectivity index (χ0n) is 62.3. The number of carbonyl (C=O) groups excluding carboxylic acids is 8. The van der Waals surface area contributed by atoms with Gasteiger partial charge in [0.25, 0.3) is 0 Å². The summed E-state index contributed by atoms with van der Waals surface area (Å²) in [6, 6.07) is 29.8. The molecule has 6 aromatic carbocycles. The molecule has 14 rings (SSSR count). The van der Waals surface area contributed by atoms with E-state index >= 15 is 24.0 Å². The van der Waals surface area contributed by atoms with Crippen molar-refractivity contribution in [2.24, 2.45) is 22.7 Å². The molecule has 0 radical (unpaired) electrons. The maximum absolute atomic E-state index is 15.8. The van der Waals surface area contributed by atoms with E-state index < -0.39 is 143 Å². The smallest absolute Gasteiger partial charge is 0.330 e. The van der Waals surface area contributed by atoms with Crippen molar-refractivity contribution in [1.82, 2.24) is 71.7 Å². The highest BCUT2D eigenvalue weighted by Crippen LogP contribution is 2.40. The van der Waals surface area contributed by atoms with Crippen LogP contribution in [0.15, 0.2) is 146 Å². The Bertz CT molecular complexity index is 4570. The number of hydrogen-bond donors (Lipinski definition) is 7. The first kappa shape index (κ1) is 77.2. The second-order valence-electron chi connectivity index (χ2n) is 30.3. The van der Waals surface area contributed by atoms with Crippen LogP contribution in [0, 0.1) is 22.7 Å². The zero-order valence-corrected chi connectivity index (χ0v) is 62.3. The second-order valence-corrected chi connectivity index (χ2v) is 30.3. The minimum absolute atomic E-state index is 0.0245. The molecule has 12 atom stereocenters. The number of ether oxygens (including phenoxy) is 3. The number of benzene rings is 6. The van der Waals surface area contributed by atoms with E-state index in [1.807, 2.05) is 126 Å². The van der Waals surface area contributed by atoms with Crippen LogP contribution >= 0.6 is 0 Å². The Hall–Kier alpha value is -10.9. The van der Waals surface area contributed by atoms with Crippen LogP contribution in [0.4, 0.5) is 0 Å². The van der Waals surface area contributed by atoms with Gasteiger partial charge in [0.05, 0.1) is 55.6 Å². The van der Waals surface area contributed by atoms with Gasteiger partial charge in [-0.3, -0.25) is 33.6 Å². The lowest BCUT2D eigenvalue weighted by Gasteiger charge is -2.39. The van der Waals surface area contributed by atoms with Gasteiger partial charge < -0.3 is 61.0 Å². The number of likely N-dealkylation sites (tertiary alicyclic amines) is 2. The van der Waals surface area contributed by atoms with Gasteiger partial charge in [-0.1, -0.05) is 161 Å². The van der Waals surface area contributed by atoms with E-state index in [1.54, 1.807) is 86.3 Å². The molecule has 0 unspecified atom stereocenters. The lowest BCUT2D eigenvalue weighted by atomic mass is 9.83. The van der Waals surface area contributed by atoms with Gasteiger partial charge in [0.2, 0.25) is 35.4 Å². The quantitative estimate of drug-likeness (QED) is 0.0555. The number of amides is 6. The molecule has 8 heterocycles. The van der Waals surface area contributed by atoms with Crippen molar-refractivity contribution in [2.45, 2.75) is 168 Å². The molecule has 2 aromatic heterocycles. The van der Waals surface area contributed by atoms with Gasteiger partial charge in [0, 0.05) is 31.8 Å². The van der Waals surface area contributed by atoms with Crippen LogP contribution in [-0.2, 0) is 80.4 Å². The molecule has 0 saturated carbocycles. The van der Waals surface area contributed by atoms with Gasteiger partial charge in [-0.05, 0) is 133 Å². The van der Waals surface area contributed by atoms with E-state index in [1.165, 1.54) is 28.8 Å². The number of esters is 1. The van der Waals surface area contributed by atoms with Crippen LogP contribution in [0.3, 0.4) is 0 Å². The summed E-state index contributed by atoms with van der Waals surface area (Å²) in [6.45, 7) is 14.2. The van der Waals surface area contributed by atoms with Crippen LogP contribution in [-0.4, -0.2) is 175 Å². The maximum Gasteiger partial charge on any atom is 0.330 e. The van der Waals surface area contributed by atoms with E-state index in [4.69, 9.17) is 14.2 Å². The van der Waals surface area contributed by atoms with Crippen molar-refractivity contribution in [3.8, 4) is 11.5 Å². The highest BCUT2D eigenvalue weighted by atomic mass is 16.5. The summed E-state index contributed by atoms with van der Waals surface area (Å²) in [4.78, 5) is 136. The van der Waals surface area contributed by atoms with Crippen molar-refractivity contribution in [3.05, 3.63) is 179 Å². The van der Waals surface area contributed by atoms with Crippen molar-refractivity contribution in [1.29, 1.82) is 0 Å². The van der Waals surface area contributed by atoms with Crippen LogP contribution < -0.4 is 41.4 Å². The molecular weight excluding hydrogens is 1360 g/mol. The number of aliphatic carboxylic acids is 1. The number of methoxy groups -OCH3 is 1. The molecule has 27 heteroatoms. The molecule has 0 spiro atoms. The summed E-state index contributed by atoms with van der Waals surface area (Å²) in [7, 11) is 4.49. The first-order valence-electron chi connectivity index (χ1n) is 36.3. The molecule has 8 aromatic rings. The molecule has 7 N–H and O–H groups in total. The number of aromatic nitrogens is 6. The summed E-state index contributed by atoms with van der Waals surface area (Å²) in [5, 5.41) is 50.5. The van der Waals surface area contributed by atoms with Gasteiger partial charge in [-0.2, -0.15) is 0 Å². The molecule has 2 fully saturated rings. The predicted octanol–water partition coefficient (Wildman–Crippen LogP) is 6.73. The minimum atomic E-state index is -1.62. The molecule has 6 aliphatic heterocycles. The molecule has 27 nitrogen and oxygen atoms in total. The Morgan fingerprint density at radius 3 is 1.60 bits per heavy atom. The van der Waals surface area contributed by atoms with Gasteiger partial charge >= 0.3 is 11.9 Å². The van der Waals surface area contributed by atoms with E-state index in [-0.39, 0.29) is 69.7 Å². The van der Waals surface area contributed by atoms with Gasteiger partial charge in [0.15, 0.2) is 11.8 Å². The number of nitrogens with zero attached hydrogens (tertiary/aromatic N) is 8. The number of ketones is 1. The number of likely N-dealkylation sites (N-methyl/N-ethyl adjacent to an activating group) is 2. The van der Waals surface area contributed by atoms with Crippen molar-refractivity contribution in [2.75, 3.05) is 34.3 Å². The van der Waals surface area contributed by atoms with Crippen LogP contribution in [0.2, 0.25) is 0 Å². The first-order valence-corrected chi connectivity index (χ1v) is 36.3. The number of carboxylic acid groups (broad SMARTS) is 1. The Labute approximate surface area is 621 Å². The molecule has 6 aliphatic rings. The fraction of sp³-hybridized carbons (Fsp3) is 0.438. The zero-order chi connectivity index (χ0) is 76.6. The lowest BCUT2D eigenvalue weighted by Crippen LogP contribution is -2.60. The minimum Gasteiger partial charge on any atom is -0.487 e. The summed E-state index contributed by atoms with van der Waals surface area (Å²) in [6.07, 6.45) is 3.39. The monoisotopic (exact) mass is 1460 g/mol. The SMILES string of the molecule is CN[C@@H](C)C(=O)N[C@H](C(=O)N1CC[C@@H]2[C@H]1[C@@H](Cc1ccc3ccccc3c1)C(=O)N[C@H](C(=O)O)c1ccc(cc1)OCc1cn(nn1)[C@@H]1CCN(C(=O)[C@@H](NC(=O)[C@H](C)NC)C(C)(C)C)[C@@H]1C(=O)C[C@@H](Cc1ccc3ccccc3c1)C(=O)N[C@H](C(=O)OC)Cc1ccc(cc1)OCc1cn2nn1)C(C)(C)C. The number of fused-ring (bicyclic) bond motifs is 2. The van der Waals surface area contributed by atoms with Crippen LogP contribution in [0.5, 0.6) is 11.5 Å². The number of Topliss-reactive ketones (excluding diaryl/α,β-unsaturated/α-hetero) is 1. The molecular formula is C80H96N14O13. The molecule has 8 bridgehead atoms. The average molecular weight is 1460 g/mol. The number of rotatable bonds is 14. The Kier molecular flexibility index (Phi) is 24.0. The highest BCUT2D eigenvalue weighted by Gasteiger charge is 2.51. The third kappa shape index (κ3) is 18.1. The van der Waals surface area contributed by atoms with Crippen LogP contribution in [0.1, 0.15) is 126 Å². The number of hydrogen-bond acceptors (Lipinski definition) is 18. The first-order chi connectivity index (χ1) is 51.1. The molecule has 564 valence electrons. The summed E-state index contributed by atoms with van der Waals surface area (Å²) < 4.78 is 21.0. The Morgan fingerprint density at radius 2 is 1.08 bits per heavy atom. The van der Waals surface area contributed by atoms with Crippen molar-refractivity contribution < 1.29 is 62.5 Å². The lowest BCUT2D eigenvalue weighted by molar-refractivity contribution is -0.146. The summed E-state index contributed by atoms with van der Waals surface area (Å²) >= 11 is 0. The van der Waals surface area contributed by atoms with E-state index in [9.17, 15) is 24.3 Å². The molecule has 6 amide bonds. The van der Waals surface area contributed by atoms with Crippen molar-refractivity contribution in [3.63, 3.8) is 0 Å². The van der Waals surface area contributed by atoms with Crippen LogP contribution in [0.25, 0.3) is 21.5 Å². The predicted molar refractivity (Wildman–Crippen MR) is 398 cm³/mol. The topological polar surface area (TPSA) is 342 Å². The third-order valence-corrected chi connectivity index (χ3v) is 20.7. The molecule has 107 heavy (non-hydrogen) atoms. The Morgan fingerprint density at radius 1 is 0.598 bits per heavy atom. The van der Waals surface area contributed by atoms with Gasteiger partial charge in [0.1, 0.15) is 60.3 Å². The normalized spacial score (nSPS) is 21.7. The fourth-order valence-electron chi connectivity index (χ4n) is 14.5. The van der Waals surface area contributed by atoms with E-state index in [0.717, 1.165) is 32.7 Å². The fourth-order valence-corrected chi connectivity index (χ4v) is 14.5. The third-order valence-electron chi connectivity index (χ3n) is 20.7.